The number of ether oxygens (including phenoxy) is 1. The first-order chi connectivity index (χ1) is 13.4. The molecule has 3 rings (SSSR count). The molecule has 1 heterocycles. The van der Waals surface area contributed by atoms with Gasteiger partial charge in [0.15, 0.2) is 11.0 Å². The Morgan fingerprint density at radius 2 is 1.75 bits per heavy atom. The Kier molecular flexibility index (Phi) is 7.07. The number of anilines is 1. The molecule has 1 N–H and O–H groups in total. The second-order valence-corrected chi connectivity index (χ2v) is 7.95. The van der Waals surface area contributed by atoms with Crippen LogP contribution in [0.2, 0.25) is 15.1 Å². The molecule has 0 saturated carbocycles. The Hall–Kier alpha value is -1.93. The van der Waals surface area contributed by atoms with Gasteiger partial charge in [0.25, 0.3) is 0 Å². The number of thioether (sulfide) groups is 1. The highest BCUT2D eigenvalue weighted by atomic mass is 35.5. The number of halogens is 3. The number of amides is 1. The minimum atomic E-state index is -0.203. The van der Waals surface area contributed by atoms with Gasteiger partial charge in [-0.2, -0.15) is 0 Å². The van der Waals surface area contributed by atoms with E-state index in [9.17, 15) is 4.79 Å². The lowest BCUT2D eigenvalue weighted by atomic mass is 10.3. The smallest absolute Gasteiger partial charge is 0.234 e. The predicted octanol–water partition coefficient (Wildman–Crippen LogP) is 5.09. The summed E-state index contributed by atoms with van der Waals surface area (Å²) in [5, 5.41) is 13.1. The van der Waals surface area contributed by atoms with Gasteiger partial charge >= 0.3 is 0 Å². The van der Waals surface area contributed by atoms with Crippen LogP contribution in [0, 0.1) is 0 Å². The summed E-state index contributed by atoms with van der Waals surface area (Å²) in [5.74, 6) is 1.28. The Morgan fingerprint density at radius 1 is 1.07 bits per heavy atom. The molecule has 0 radical (unpaired) electrons. The standard InChI is InChI=1S/C18H15Cl3N4O2S/c1-25-16(9-27-15-4-2-11(19)3-5-15)23-24-18(25)28-10-17(26)22-14-7-12(20)6-13(21)8-14/h2-8H,9-10H2,1H3,(H,22,26). The second kappa shape index (κ2) is 9.52. The molecular formula is C18H15Cl3N4O2S. The fraction of sp³-hybridized carbons (Fsp3) is 0.167. The maximum Gasteiger partial charge on any atom is 0.234 e. The molecule has 0 saturated heterocycles. The zero-order valence-electron chi connectivity index (χ0n) is 14.7. The number of aromatic nitrogens is 3. The third kappa shape index (κ3) is 5.78. The molecule has 0 fully saturated rings. The molecule has 0 atom stereocenters. The molecule has 0 aliphatic heterocycles. The average molecular weight is 458 g/mol. The van der Waals surface area contributed by atoms with Crippen molar-refractivity contribution in [1.82, 2.24) is 14.8 Å². The number of carbonyl (C=O) groups excluding carboxylic acids is 1. The van der Waals surface area contributed by atoms with Crippen LogP contribution in [-0.2, 0) is 18.4 Å². The van der Waals surface area contributed by atoms with Gasteiger partial charge in [-0.15, -0.1) is 10.2 Å². The molecule has 0 unspecified atom stereocenters. The zero-order chi connectivity index (χ0) is 20.1. The number of nitrogens with one attached hydrogen (secondary N) is 1. The maximum absolute atomic E-state index is 12.2. The van der Waals surface area contributed by atoms with Crippen LogP contribution in [0.4, 0.5) is 5.69 Å². The highest BCUT2D eigenvalue weighted by molar-refractivity contribution is 7.99. The molecule has 2 aromatic carbocycles. The van der Waals surface area contributed by atoms with Crippen LogP contribution in [0.1, 0.15) is 5.82 Å². The fourth-order valence-electron chi connectivity index (χ4n) is 2.23. The van der Waals surface area contributed by atoms with Crippen molar-refractivity contribution in [2.45, 2.75) is 11.8 Å². The molecule has 146 valence electrons. The first-order valence-electron chi connectivity index (χ1n) is 8.06. The summed E-state index contributed by atoms with van der Waals surface area (Å²) in [6.45, 7) is 0.249. The minimum absolute atomic E-state index is 0.161. The van der Waals surface area contributed by atoms with Crippen molar-refractivity contribution >= 4 is 58.2 Å². The highest BCUT2D eigenvalue weighted by Gasteiger charge is 2.12. The van der Waals surface area contributed by atoms with Crippen molar-refractivity contribution in [1.29, 1.82) is 0 Å². The van der Waals surface area contributed by atoms with Gasteiger partial charge in [0.05, 0.1) is 5.75 Å². The number of rotatable bonds is 7. The van der Waals surface area contributed by atoms with Crippen molar-refractivity contribution < 1.29 is 9.53 Å². The molecule has 0 aliphatic carbocycles. The van der Waals surface area contributed by atoms with Crippen LogP contribution in [0.5, 0.6) is 5.75 Å². The van der Waals surface area contributed by atoms with Gasteiger partial charge in [-0.3, -0.25) is 4.79 Å². The van der Waals surface area contributed by atoms with Crippen molar-refractivity contribution in [2.24, 2.45) is 7.05 Å². The van der Waals surface area contributed by atoms with E-state index in [1.54, 1.807) is 47.0 Å². The summed E-state index contributed by atoms with van der Waals surface area (Å²) < 4.78 is 7.45. The third-order valence-corrected chi connectivity index (χ3v) is 5.29. The quantitative estimate of drug-likeness (QED) is 0.501. The van der Waals surface area contributed by atoms with Crippen molar-refractivity contribution in [3.05, 3.63) is 63.4 Å². The van der Waals surface area contributed by atoms with Gasteiger partial charge in [-0.1, -0.05) is 46.6 Å². The van der Waals surface area contributed by atoms with Gasteiger partial charge in [-0.05, 0) is 42.5 Å². The minimum Gasteiger partial charge on any atom is -0.486 e. The molecule has 10 heteroatoms. The first-order valence-corrected chi connectivity index (χ1v) is 10.2. The zero-order valence-corrected chi connectivity index (χ0v) is 17.7. The lowest BCUT2D eigenvalue weighted by Crippen LogP contribution is -2.14. The molecule has 0 spiro atoms. The van der Waals surface area contributed by atoms with E-state index < -0.39 is 0 Å². The van der Waals surface area contributed by atoms with E-state index in [-0.39, 0.29) is 18.3 Å². The van der Waals surface area contributed by atoms with Crippen LogP contribution in [0.3, 0.4) is 0 Å². The van der Waals surface area contributed by atoms with E-state index in [1.807, 2.05) is 7.05 Å². The van der Waals surface area contributed by atoms with E-state index in [2.05, 4.69) is 15.5 Å². The SMILES string of the molecule is Cn1c(COc2ccc(Cl)cc2)nnc1SCC(=O)Nc1cc(Cl)cc(Cl)c1. The van der Waals surface area contributed by atoms with Crippen LogP contribution >= 0.6 is 46.6 Å². The normalized spacial score (nSPS) is 10.7. The summed E-state index contributed by atoms with van der Waals surface area (Å²) in [6.07, 6.45) is 0. The summed E-state index contributed by atoms with van der Waals surface area (Å²) in [4.78, 5) is 12.2. The van der Waals surface area contributed by atoms with Gasteiger partial charge in [0.2, 0.25) is 5.91 Å². The van der Waals surface area contributed by atoms with E-state index in [4.69, 9.17) is 39.5 Å². The first kappa shape index (κ1) is 20.8. The largest absolute Gasteiger partial charge is 0.486 e. The van der Waals surface area contributed by atoms with E-state index in [0.717, 1.165) is 0 Å². The van der Waals surface area contributed by atoms with Crippen molar-refractivity contribution in [3.8, 4) is 5.75 Å². The summed E-state index contributed by atoms with van der Waals surface area (Å²) >= 11 is 19.0. The lowest BCUT2D eigenvalue weighted by molar-refractivity contribution is -0.113. The van der Waals surface area contributed by atoms with Crippen molar-refractivity contribution in [2.75, 3.05) is 11.1 Å². The fourth-order valence-corrected chi connectivity index (χ4v) is 3.61. The molecule has 3 aromatic rings. The van der Waals surface area contributed by atoms with Crippen molar-refractivity contribution in [3.63, 3.8) is 0 Å². The number of hydrogen-bond acceptors (Lipinski definition) is 5. The topological polar surface area (TPSA) is 69.0 Å². The second-order valence-electron chi connectivity index (χ2n) is 5.70. The Bertz CT molecular complexity index is 959. The van der Waals surface area contributed by atoms with Gasteiger partial charge in [-0.25, -0.2) is 0 Å². The molecule has 6 nitrogen and oxygen atoms in total. The van der Waals surface area contributed by atoms with Gasteiger partial charge in [0, 0.05) is 27.8 Å². The van der Waals surface area contributed by atoms with Crippen LogP contribution in [0.25, 0.3) is 0 Å². The Labute approximate surface area is 181 Å². The van der Waals surface area contributed by atoms with E-state index >= 15 is 0 Å². The third-order valence-electron chi connectivity index (χ3n) is 3.59. The summed E-state index contributed by atoms with van der Waals surface area (Å²) in [7, 11) is 1.82. The number of carbonyl (C=O) groups is 1. The number of benzene rings is 2. The maximum atomic E-state index is 12.2. The molecule has 1 amide bonds. The molecule has 0 aliphatic rings. The van der Waals surface area contributed by atoms with Crippen LogP contribution < -0.4 is 10.1 Å². The van der Waals surface area contributed by atoms with E-state index in [0.29, 0.717) is 37.5 Å². The lowest BCUT2D eigenvalue weighted by Gasteiger charge is -2.07. The molecule has 0 bridgehead atoms. The Morgan fingerprint density at radius 3 is 2.43 bits per heavy atom. The van der Waals surface area contributed by atoms with Gasteiger partial charge < -0.3 is 14.6 Å². The number of nitrogens with zero attached hydrogens (tertiary/aromatic N) is 3. The van der Waals surface area contributed by atoms with Gasteiger partial charge in [0.1, 0.15) is 12.4 Å². The van der Waals surface area contributed by atoms with E-state index in [1.165, 1.54) is 11.8 Å². The molecule has 28 heavy (non-hydrogen) atoms. The van der Waals surface area contributed by atoms with Crippen LogP contribution in [0.15, 0.2) is 47.6 Å². The summed E-state index contributed by atoms with van der Waals surface area (Å²) in [5.41, 5.74) is 0.540. The van der Waals surface area contributed by atoms with Crippen LogP contribution in [-0.4, -0.2) is 26.4 Å². The monoisotopic (exact) mass is 456 g/mol. The number of hydrogen-bond donors (Lipinski definition) is 1. The summed E-state index contributed by atoms with van der Waals surface area (Å²) in [6, 6.07) is 11.9. The highest BCUT2D eigenvalue weighted by Crippen LogP contribution is 2.23. The molecule has 1 aromatic heterocycles. The predicted molar refractivity (Wildman–Crippen MR) is 113 cm³/mol. The Balaban J connectivity index is 1.53. The average Bonchev–Trinajstić information content (AvgIpc) is 2.98. The molecular weight excluding hydrogens is 443 g/mol.